The highest BCUT2D eigenvalue weighted by atomic mass is 16.1. The van der Waals surface area contributed by atoms with Crippen LogP contribution in [0.4, 0.5) is 0 Å². The molecular weight excluding hydrogens is 214 g/mol. The van der Waals surface area contributed by atoms with Crippen LogP contribution in [-0.2, 0) is 4.79 Å². The molecule has 1 aliphatic rings. The molecule has 0 aromatic carbocycles. The second kappa shape index (κ2) is 6.97. The second-order valence-corrected chi connectivity index (χ2v) is 5.41. The van der Waals surface area contributed by atoms with Crippen molar-refractivity contribution in [3.05, 3.63) is 0 Å². The van der Waals surface area contributed by atoms with Gasteiger partial charge in [-0.2, -0.15) is 0 Å². The summed E-state index contributed by atoms with van der Waals surface area (Å²) in [4.78, 5) is 13.8. The molecular formula is C13H27N3O. The van der Waals surface area contributed by atoms with Crippen molar-refractivity contribution < 1.29 is 4.79 Å². The van der Waals surface area contributed by atoms with Gasteiger partial charge in [0.15, 0.2) is 0 Å². The summed E-state index contributed by atoms with van der Waals surface area (Å²) in [5.41, 5.74) is 5.42. The molecule has 3 N–H and O–H groups in total. The van der Waals surface area contributed by atoms with Crippen LogP contribution in [0.2, 0.25) is 0 Å². The number of hydrogen-bond acceptors (Lipinski definition) is 3. The molecule has 4 nitrogen and oxygen atoms in total. The van der Waals surface area contributed by atoms with Crippen molar-refractivity contribution in [2.24, 2.45) is 11.7 Å². The van der Waals surface area contributed by atoms with E-state index in [0.29, 0.717) is 6.04 Å². The van der Waals surface area contributed by atoms with Crippen LogP contribution >= 0.6 is 0 Å². The van der Waals surface area contributed by atoms with Crippen LogP contribution in [0.25, 0.3) is 0 Å². The molecule has 1 saturated heterocycles. The first-order valence-electron chi connectivity index (χ1n) is 6.82. The Balaban J connectivity index is 2.36. The van der Waals surface area contributed by atoms with E-state index in [2.05, 4.69) is 17.1 Å². The molecule has 1 unspecified atom stereocenters. The molecule has 0 radical (unpaired) electrons. The summed E-state index contributed by atoms with van der Waals surface area (Å²) in [5, 5.41) is 3.42. The molecule has 1 heterocycles. The van der Waals surface area contributed by atoms with E-state index in [0.717, 1.165) is 25.9 Å². The van der Waals surface area contributed by atoms with Crippen LogP contribution < -0.4 is 11.1 Å². The van der Waals surface area contributed by atoms with Crippen LogP contribution in [0.1, 0.15) is 40.0 Å². The van der Waals surface area contributed by atoms with Gasteiger partial charge in [-0.1, -0.05) is 20.8 Å². The maximum atomic E-state index is 11.3. The summed E-state index contributed by atoms with van der Waals surface area (Å²) in [5.74, 6) is 0.0390. The Bertz CT molecular complexity index is 235. The molecule has 0 spiro atoms. The van der Waals surface area contributed by atoms with Crippen LogP contribution in [-0.4, -0.2) is 42.5 Å². The van der Waals surface area contributed by atoms with Gasteiger partial charge >= 0.3 is 0 Å². The highest BCUT2D eigenvalue weighted by molar-refractivity contribution is 5.80. The maximum absolute atomic E-state index is 11.3. The molecule has 0 aromatic heterocycles. The number of carbonyl (C=O) groups is 1. The summed E-state index contributed by atoms with van der Waals surface area (Å²) in [7, 11) is 0. The number of nitrogens with one attached hydrogen (secondary N) is 1. The third-order valence-electron chi connectivity index (χ3n) is 3.52. The van der Waals surface area contributed by atoms with Gasteiger partial charge in [0.1, 0.15) is 0 Å². The topological polar surface area (TPSA) is 58.4 Å². The fourth-order valence-electron chi connectivity index (χ4n) is 2.50. The average molecular weight is 241 g/mol. The third-order valence-corrected chi connectivity index (χ3v) is 3.52. The van der Waals surface area contributed by atoms with E-state index in [1.54, 1.807) is 0 Å². The van der Waals surface area contributed by atoms with Crippen LogP contribution in [0.15, 0.2) is 0 Å². The Morgan fingerprint density at radius 3 is 2.41 bits per heavy atom. The fourth-order valence-corrected chi connectivity index (χ4v) is 2.50. The highest BCUT2D eigenvalue weighted by Gasteiger charge is 2.25. The molecule has 1 aliphatic heterocycles. The van der Waals surface area contributed by atoms with Crippen molar-refractivity contribution in [3.8, 4) is 0 Å². The Kier molecular flexibility index (Phi) is 5.92. The maximum Gasteiger partial charge on any atom is 0.234 e. The van der Waals surface area contributed by atoms with Gasteiger partial charge in [0, 0.05) is 6.04 Å². The number of hydrogen-bond donors (Lipinski definition) is 2. The Hall–Kier alpha value is -0.610. The van der Waals surface area contributed by atoms with E-state index in [9.17, 15) is 4.79 Å². The molecule has 0 saturated carbocycles. The number of primary amides is 1. The minimum absolute atomic E-state index is 0.183. The minimum atomic E-state index is -0.226. The quantitative estimate of drug-likeness (QED) is 0.728. The van der Waals surface area contributed by atoms with Crippen molar-refractivity contribution in [1.82, 2.24) is 10.2 Å². The van der Waals surface area contributed by atoms with E-state index in [4.69, 9.17) is 5.73 Å². The van der Waals surface area contributed by atoms with Gasteiger partial charge in [-0.05, 0) is 44.8 Å². The summed E-state index contributed by atoms with van der Waals surface area (Å²) in [6, 6.07) is 0.265. The lowest BCUT2D eigenvalue weighted by molar-refractivity contribution is -0.121. The highest BCUT2D eigenvalue weighted by Crippen LogP contribution is 2.13. The molecule has 0 aromatic rings. The summed E-state index contributed by atoms with van der Waals surface area (Å²) < 4.78 is 0. The monoisotopic (exact) mass is 241 g/mol. The van der Waals surface area contributed by atoms with Gasteiger partial charge < -0.3 is 16.0 Å². The number of piperidine rings is 1. The predicted octanol–water partition coefficient (Wildman–Crippen LogP) is 0.960. The smallest absolute Gasteiger partial charge is 0.234 e. The molecule has 17 heavy (non-hydrogen) atoms. The van der Waals surface area contributed by atoms with E-state index < -0.39 is 0 Å². The number of amides is 1. The van der Waals surface area contributed by atoms with Gasteiger partial charge in [0.25, 0.3) is 0 Å². The number of likely N-dealkylation sites (tertiary alicyclic amines) is 1. The number of nitrogens with two attached hydrogens (primary N) is 1. The zero-order valence-corrected chi connectivity index (χ0v) is 11.4. The Morgan fingerprint density at radius 1 is 1.41 bits per heavy atom. The summed E-state index contributed by atoms with van der Waals surface area (Å²) in [6.07, 6.45) is 3.46. The van der Waals surface area contributed by atoms with Crippen LogP contribution in [0, 0.1) is 5.92 Å². The molecule has 1 atom stereocenters. The summed E-state index contributed by atoms with van der Waals surface area (Å²) >= 11 is 0. The van der Waals surface area contributed by atoms with Gasteiger partial charge in [-0.15, -0.1) is 0 Å². The van der Waals surface area contributed by atoms with Crippen molar-refractivity contribution in [2.45, 2.75) is 52.1 Å². The number of nitrogens with zero attached hydrogens (tertiary/aromatic N) is 1. The molecule has 1 fully saturated rings. The van der Waals surface area contributed by atoms with Crippen molar-refractivity contribution in [1.29, 1.82) is 0 Å². The molecule has 1 amide bonds. The van der Waals surface area contributed by atoms with E-state index in [-0.39, 0.29) is 17.9 Å². The molecule has 100 valence electrons. The number of carbonyl (C=O) groups excluding carboxylic acids is 1. The third kappa shape index (κ3) is 4.64. The van der Waals surface area contributed by atoms with Gasteiger partial charge in [-0.25, -0.2) is 0 Å². The van der Waals surface area contributed by atoms with Crippen LogP contribution in [0.3, 0.4) is 0 Å². The molecule has 1 rings (SSSR count). The van der Waals surface area contributed by atoms with E-state index in [1.165, 1.54) is 13.0 Å². The first-order chi connectivity index (χ1) is 8.04. The Morgan fingerprint density at radius 2 is 2.00 bits per heavy atom. The van der Waals surface area contributed by atoms with Gasteiger partial charge in [0.05, 0.1) is 6.04 Å². The fraction of sp³-hybridized carbons (Fsp3) is 0.923. The largest absolute Gasteiger partial charge is 0.368 e. The van der Waals surface area contributed by atoms with E-state index >= 15 is 0 Å². The van der Waals surface area contributed by atoms with Crippen molar-refractivity contribution in [2.75, 3.05) is 19.6 Å². The van der Waals surface area contributed by atoms with Crippen molar-refractivity contribution in [3.63, 3.8) is 0 Å². The Labute approximate surface area is 105 Å². The van der Waals surface area contributed by atoms with Crippen molar-refractivity contribution >= 4 is 5.91 Å². The first-order valence-corrected chi connectivity index (χ1v) is 6.82. The standard InChI is InChI=1S/C13H27N3O/c1-4-7-16-8-5-11(6-9-16)15-12(10(2)3)13(14)17/h10-12,15H,4-9H2,1-3H3,(H2,14,17). The number of rotatable bonds is 6. The molecule has 4 heteroatoms. The molecule has 0 bridgehead atoms. The van der Waals surface area contributed by atoms with E-state index in [1.807, 2.05) is 13.8 Å². The first kappa shape index (κ1) is 14.5. The lowest BCUT2D eigenvalue weighted by Gasteiger charge is -2.34. The van der Waals surface area contributed by atoms with Gasteiger partial charge in [-0.3, -0.25) is 4.79 Å². The predicted molar refractivity (Wildman–Crippen MR) is 70.7 cm³/mol. The normalized spacial score (nSPS) is 20.7. The lowest BCUT2D eigenvalue weighted by Crippen LogP contribution is -2.52. The zero-order valence-electron chi connectivity index (χ0n) is 11.4. The second-order valence-electron chi connectivity index (χ2n) is 5.41. The molecule has 0 aliphatic carbocycles. The zero-order chi connectivity index (χ0) is 12.8. The van der Waals surface area contributed by atoms with Gasteiger partial charge in [0.2, 0.25) is 5.91 Å². The SMILES string of the molecule is CCCN1CCC(NC(C(N)=O)C(C)C)CC1. The average Bonchev–Trinajstić information content (AvgIpc) is 2.27. The summed E-state index contributed by atoms with van der Waals surface area (Å²) in [6.45, 7) is 9.75. The minimum Gasteiger partial charge on any atom is -0.368 e. The lowest BCUT2D eigenvalue weighted by atomic mass is 9.98. The van der Waals surface area contributed by atoms with Crippen LogP contribution in [0.5, 0.6) is 0 Å².